The second-order valence-corrected chi connectivity index (χ2v) is 4.06. The molecule has 1 heterocycles. The van der Waals surface area contributed by atoms with Crippen LogP contribution in [0.5, 0.6) is 0 Å². The molecule has 1 N–H and O–H groups in total. The Morgan fingerprint density at radius 2 is 2.17 bits per heavy atom. The third kappa shape index (κ3) is 2.27. The number of oxazole rings is 1. The number of benzene rings is 1. The molecule has 0 fully saturated rings. The fourth-order valence-electron chi connectivity index (χ4n) is 1.81. The van der Waals surface area contributed by atoms with Gasteiger partial charge in [-0.05, 0) is 18.9 Å². The van der Waals surface area contributed by atoms with Crippen LogP contribution in [-0.4, -0.2) is 15.9 Å². The van der Waals surface area contributed by atoms with Crippen molar-refractivity contribution in [3.8, 4) is 0 Å². The van der Waals surface area contributed by atoms with Gasteiger partial charge in [-0.25, -0.2) is 0 Å². The zero-order valence-electron chi connectivity index (χ0n) is 10.3. The lowest BCUT2D eigenvalue weighted by Crippen LogP contribution is -2.16. The number of fused-ring (bicyclic) bond motifs is 1. The van der Waals surface area contributed by atoms with Crippen molar-refractivity contribution in [3.05, 3.63) is 28.3 Å². The molecule has 2 rings (SSSR count). The van der Waals surface area contributed by atoms with Gasteiger partial charge in [0, 0.05) is 12.1 Å². The van der Waals surface area contributed by atoms with Gasteiger partial charge in [-0.15, -0.1) is 0 Å². The van der Waals surface area contributed by atoms with Gasteiger partial charge in [-0.2, -0.15) is 4.98 Å². The fraction of sp³-hybridized carbons (Fsp3) is 0.417. The van der Waals surface area contributed by atoms with Gasteiger partial charge in [0.05, 0.1) is 4.92 Å². The van der Waals surface area contributed by atoms with E-state index in [1.54, 1.807) is 12.1 Å². The number of non-ortho nitro benzene ring substituents is 1. The van der Waals surface area contributed by atoms with E-state index >= 15 is 0 Å². The molecule has 0 bridgehead atoms. The highest BCUT2D eigenvalue weighted by atomic mass is 16.6. The molecular weight excluding hydrogens is 234 g/mol. The van der Waals surface area contributed by atoms with E-state index in [2.05, 4.69) is 24.1 Å². The minimum absolute atomic E-state index is 0.0335. The van der Waals surface area contributed by atoms with E-state index in [4.69, 9.17) is 4.42 Å². The van der Waals surface area contributed by atoms with Crippen LogP contribution in [0.15, 0.2) is 22.6 Å². The first kappa shape index (κ1) is 12.3. The summed E-state index contributed by atoms with van der Waals surface area (Å²) in [6, 6.07) is 5.29. The summed E-state index contributed by atoms with van der Waals surface area (Å²) in [5, 5.41) is 14.0. The molecular formula is C12H15N3O3. The van der Waals surface area contributed by atoms with E-state index in [-0.39, 0.29) is 17.2 Å². The first-order valence-corrected chi connectivity index (χ1v) is 5.96. The zero-order valence-corrected chi connectivity index (χ0v) is 10.3. The average molecular weight is 249 g/mol. The summed E-state index contributed by atoms with van der Waals surface area (Å²) in [7, 11) is 0. The van der Waals surface area contributed by atoms with Crippen LogP contribution in [0.1, 0.15) is 26.7 Å². The molecule has 6 nitrogen and oxygen atoms in total. The predicted molar refractivity (Wildman–Crippen MR) is 68.7 cm³/mol. The minimum atomic E-state index is -0.453. The number of nitro benzene ring substituents is 1. The molecule has 1 aromatic heterocycles. The highest BCUT2D eigenvalue weighted by Gasteiger charge is 2.18. The summed E-state index contributed by atoms with van der Waals surface area (Å²) in [5.41, 5.74) is 0.683. The lowest BCUT2D eigenvalue weighted by Gasteiger charge is -2.11. The standard InChI is InChI=1S/C12H15N3O3/c1-3-8(4-2)13-12-14-11-9(15(16)17)6-5-7-10(11)18-12/h5-8H,3-4H2,1-2H3,(H,13,14). The molecule has 0 aliphatic heterocycles. The molecule has 1 aromatic carbocycles. The first-order valence-electron chi connectivity index (χ1n) is 5.96. The second kappa shape index (κ2) is 5.03. The molecule has 18 heavy (non-hydrogen) atoms. The Kier molecular flexibility index (Phi) is 3.45. The van der Waals surface area contributed by atoms with Crippen LogP contribution in [-0.2, 0) is 0 Å². The Labute approximate surface area is 104 Å². The quantitative estimate of drug-likeness (QED) is 0.649. The van der Waals surface area contributed by atoms with E-state index < -0.39 is 4.92 Å². The van der Waals surface area contributed by atoms with Crippen LogP contribution in [0, 0.1) is 10.1 Å². The number of nitrogens with one attached hydrogen (secondary N) is 1. The number of nitrogens with zero attached hydrogens (tertiary/aromatic N) is 2. The Hall–Kier alpha value is -2.11. The van der Waals surface area contributed by atoms with Crippen molar-refractivity contribution in [2.45, 2.75) is 32.7 Å². The first-order chi connectivity index (χ1) is 8.65. The van der Waals surface area contributed by atoms with Crippen LogP contribution in [0.4, 0.5) is 11.7 Å². The third-order valence-corrected chi connectivity index (χ3v) is 2.91. The van der Waals surface area contributed by atoms with Gasteiger partial charge >= 0.3 is 0 Å². The number of hydrogen-bond donors (Lipinski definition) is 1. The molecule has 6 heteroatoms. The molecule has 0 amide bonds. The van der Waals surface area contributed by atoms with Crippen molar-refractivity contribution >= 4 is 22.8 Å². The Bertz CT molecular complexity index is 561. The largest absolute Gasteiger partial charge is 0.423 e. The maximum atomic E-state index is 10.9. The summed E-state index contributed by atoms with van der Waals surface area (Å²) >= 11 is 0. The molecule has 0 atom stereocenters. The summed E-state index contributed by atoms with van der Waals surface area (Å²) in [6.45, 7) is 4.12. The number of para-hydroxylation sites is 1. The number of hydrogen-bond acceptors (Lipinski definition) is 5. The van der Waals surface area contributed by atoms with Gasteiger partial charge in [0.2, 0.25) is 0 Å². The summed E-state index contributed by atoms with van der Waals surface area (Å²) in [4.78, 5) is 14.6. The Balaban J connectivity index is 2.38. The third-order valence-electron chi connectivity index (χ3n) is 2.91. The van der Waals surface area contributed by atoms with Gasteiger partial charge in [-0.3, -0.25) is 10.1 Å². The molecule has 0 saturated heterocycles. The van der Waals surface area contributed by atoms with Crippen molar-refractivity contribution in [3.63, 3.8) is 0 Å². The normalized spacial score (nSPS) is 11.1. The smallest absolute Gasteiger partial charge is 0.298 e. The van der Waals surface area contributed by atoms with Crippen LogP contribution in [0.3, 0.4) is 0 Å². The Morgan fingerprint density at radius 1 is 1.44 bits per heavy atom. The Morgan fingerprint density at radius 3 is 2.78 bits per heavy atom. The van der Waals surface area contributed by atoms with Gasteiger partial charge in [0.1, 0.15) is 0 Å². The van der Waals surface area contributed by atoms with Gasteiger partial charge < -0.3 is 9.73 Å². The van der Waals surface area contributed by atoms with Crippen LogP contribution in [0.25, 0.3) is 11.1 Å². The number of aromatic nitrogens is 1. The highest BCUT2D eigenvalue weighted by Crippen LogP contribution is 2.27. The van der Waals surface area contributed by atoms with Crippen molar-refractivity contribution < 1.29 is 9.34 Å². The van der Waals surface area contributed by atoms with E-state index in [1.807, 2.05) is 0 Å². The van der Waals surface area contributed by atoms with E-state index in [0.29, 0.717) is 11.6 Å². The minimum Gasteiger partial charge on any atom is -0.423 e. The van der Waals surface area contributed by atoms with E-state index in [1.165, 1.54) is 6.07 Å². The highest BCUT2D eigenvalue weighted by molar-refractivity contribution is 5.84. The predicted octanol–water partition coefficient (Wildman–Crippen LogP) is 3.34. The van der Waals surface area contributed by atoms with Crippen molar-refractivity contribution in [2.75, 3.05) is 5.32 Å². The van der Waals surface area contributed by atoms with Crippen molar-refractivity contribution in [1.29, 1.82) is 0 Å². The van der Waals surface area contributed by atoms with Gasteiger partial charge in [0.25, 0.3) is 11.7 Å². The lowest BCUT2D eigenvalue weighted by molar-refractivity contribution is -0.383. The maximum Gasteiger partial charge on any atom is 0.298 e. The number of anilines is 1. The molecule has 0 spiro atoms. The fourth-order valence-corrected chi connectivity index (χ4v) is 1.81. The maximum absolute atomic E-state index is 10.9. The molecule has 0 radical (unpaired) electrons. The van der Waals surface area contributed by atoms with Crippen LogP contribution in [0.2, 0.25) is 0 Å². The van der Waals surface area contributed by atoms with Crippen molar-refractivity contribution in [2.24, 2.45) is 0 Å². The molecule has 96 valence electrons. The molecule has 0 aliphatic rings. The summed E-state index contributed by atoms with van der Waals surface area (Å²) in [5.74, 6) is 0. The molecule has 0 unspecified atom stereocenters. The monoisotopic (exact) mass is 249 g/mol. The number of rotatable bonds is 5. The van der Waals surface area contributed by atoms with Gasteiger partial charge in [-0.1, -0.05) is 19.9 Å². The van der Waals surface area contributed by atoms with Crippen LogP contribution >= 0.6 is 0 Å². The average Bonchev–Trinajstić information content (AvgIpc) is 2.77. The summed E-state index contributed by atoms with van der Waals surface area (Å²) < 4.78 is 5.47. The summed E-state index contributed by atoms with van der Waals surface area (Å²) in [6.07, 6.45) is 1.88. The van der Waals surface area contributed by atoms with Crippen LogP contribution < -0.4 is 5.32 Å². The zero-order chi connectivity index (χ0) is 13.1. The molecule has 0 saturated carbocycles. The van der Waals surface area contributed by atoms with Gasteiger partial charge in [0.15, 0.2) is 11.1 Å². The second-order valence-electron chi connectivity index (χ2n) is 4.06. The number of nitro groups is 1. The van der Waals surface area contributed by atoms with Crippen molar-refractivity contribution in [1.82, 2.24) is 4.98 Å². The molecule has 2 aromatic rings. The topological polar surface area (TPSA) is 81.2 Å². The van der Waals surface area contributed by atoms with E-state index in [0.717, 1.165) is 12.8 Å². The lowest BCUT2D eigenvalue weighted by atomic mass is 10.2. The molecule has 0 aliphatic carbocycles. The SMILES string of the molecule is CCC(CC)Nc1nc2c([N+](=O)[O-])cccc2o1. The van der Waals surface area contributed by atoms with E-state index in [9.17, 15) is 10.1 Å².